The van der Waals surface area contributed by atoms with Crippen LogP contribution in [0, 0.1) is 11.8 Å². The molecule has 1 aromatic carbocycles. The van der Waals surface area contributed by atoms with Crippen LogP contribution >= 0.6 is 0 Å². The molecule has 0 spiro atoms. The number of rotatable bonds is 12. The highest BCUT2D eigenvalue weighted by molar-refractivity contribution is 5.92. The summed E-state index contributed by atoms with van der Waals surface area (Å²) >= 11 is 0. The van der Waals surface area contributed by atoms with Gasteiger partial charge in [0.15, 0.2) is 5.78 Å². The second kappa shape index (κ2) is 11.9. The molecule has 154 valence electrons. The van der Waals surface area contributed by atoms with Gasteiger partial charge in [0.1, 0.15) is 0 Å². The SMILES string of the molecule is CC(=O)C(CC(=O)O)NC(=O)C(CC(=O)NCCCc1ccccc1)C(C)C. The molecule has 1 aromatic rings. The van der Waals surface area contributed by atoms with Crippen LogP contribution in [0.25, 0.3) is 0 Å². The van der Waals surface area contributed by atoms with Crippen LogP contribution in [0.1, 0.15) is 45.6 Å². The summed E-state index contributed by atoms with van der Waals surface area (Å²) < 4.78 is 0. The summed E-state index contributed by atoms with van der Waals surface area (Å²) in [5.74, 6) is -3.07. The fraction of sp³-hybridized carbons (Fsp3) is 0.524. The topological polar surface area (TPSA) is 113 Å². The molecule has 2 atom stereocenters. The lowest BCUT2D eigenvalue weighted by Crippen LogP contribution is -2.46. The summed E-state index contributed by atoms with van der Waals surface area (Å²) in [5.41, 5.74) is 1.20. The number of carbonyl (C=O) groups is 4. The van der Waals surface area contributed by atoms with Crippen LogP contribution in [0.4, 0.5) is 0 Å². The molecule has 0 bridgehead atoms. The lowest BCUT2D eigenvalue weighted by Gasteiger charge is -2.22. The maximum Gasteiger partial charge on any atom is 0.305 e. The zero-order chi connectivity index (χ0) is 21.1. The summed E-state index contributed by atoms with van der Waals surface area (Å²) in [6.45, 7) is 5.37. The zero-order valence-corrected chi connectivity index (χ0v) is 16.7. The molecule has 0 radical (unpaired) electrons. The van der Waals surface area contributed by atoms with E-state index in [1.807, 2.05) is 44.2 Å². The third-order valence-electron chi connectivity index (χ3n) is 4.54. The van der Waals surface area contributed by atoms with Crippen LogP contribution in [0.15, 0.2) is 30.3 Å². The Morgan fingerprint density at radius 2 is 1.68 bits per heavy atom. The summed E-state index contributed by atoms with van der Waals surface area (Å²) in [4.78, 5) is 47.1. The predicted molar refractivity (Wildman–Crippen MR) is 106 cm³/mol. The Morgan fingerprint density at radius 3 is 2.21 bits per heavy atom. The number of hydrogen-bond acceptors (Lipinski definition) is 4. The average Bonchev–Trinajstić information content (AvgIpc) is 2.62. The van der Waals surface area contributed by atoms with Crippen molar-refractivity contribution in [1.29, 1.82) is 0 Å². The van der Waals surface area contributed by atoms with E-state index >= 15 is 0 Å². The number of carboxylic acids is 1. The summed E-state index contributed by atoms with van der Waals surface area (Å²) in [6, 6.07) is 8.87. The molecule has 0 aliphatic heterocycles. The van der Waals surface area contributed by atoms with Crippen molar-refractivity contribution in [3.05, 3.63) is 35.9 Å². The van der Waals surface area contributed by atoms with Crippen molar-refractivity contribution in [1.82, 2.24) is 10.6 Å². The van der Waals surface area contributed by atoms with Crippen LogP contribution in [0.3, 0.4) is 0 Å². The van der Waals surface area contributed by atoms with E-state index in [1.165, 1.54) is 12.5 Å². The van der Waals surface area contributed by atoms with Crippen molar-refractivity contribution >= 4 is 23.6 Å². The van der Waals surface area contributed by atoms with Gasteiger partial charge in [-0.15, -0.1) is 0 Å². The number of Topliss-reactive ketones (excluding diaryl/α,β-unsaturated/α-hetero) is 1. The van der Waals surface area contributed by atoms with Crippen molar-refractivity contribution in [2.75, 3.05) is 6.54 Å². The van der Waals surface area contributed by atoms with E-state index in [4.69, 9.17) is 5.11 Å². The van der Waals surface area contributed by atoms with Gasteiger partial charge in [0, 0.05) is 18.9 Å². The monoisotopic (exact) mass is 390 g/mol. The largest absolute Gasteiger partial charge is 0.481 e. The third-order valence-corrected chi connectivity index (χ3v) is 4.54. The molecule has 28 heavy (non-hydrogen) atoms. The maximum atomic E-state index is 12.5. The normalized spacial score (nSPS) is 12.9. The molecular weight excluding hydrogens is 360 g/mol. The molecule has 7 nitrogen and oxygen atoms in total. The molecule has 1 rings (SSSR count). The Hall–Kier alpha value is -2.70. The molecule has 0 saturated carbocycles. The first-order chi connectivity index (χ1) is 13.2. The molecule has 0 aliphatic carbocycles. The van der Waals surface area contributed by atoms with Crippen molar-refractivity contribution < 1.29 is 24.3 Å². The minimum Gasteiger partial charge on any atom is -0.481 e. The lowest BCUT2D eigenvalue weighted by molar-refractivity contribution is -0.140. The van der Waals surface area contributed by atoms with Crippen molar-refractivity contribution in [3.8, 4) is 0 Å². The minimum absolute atomic E-state index is 0.00741. The second-order valence-corrected chi connectivity index (χ2v) is 7.26. The highest BCUT2D eigenvalue weighted by Crippen LogP contribution is 2.16. The van der Waals surface area contributed by atoms with E-state index in [-0.39, 0.29) is 18.2 Å². The maximum absolute atomic E-state index is 12.5. The third kappa shape index (κ3) is 8.79. The lowest BCUT2D eigenvalue weighted by atomic mass is 9.90. The Bertz CT molecular complexity index is 673. The number of carbonyl (C=O) groups excluding carboxylic acids is 3. The number of ketones is 1. The van der Waals surface area contributed by atoms with Gasteiger partial charge in [-0.05, 0) is 31.2 Å². The average molecular weight is 390 g/mol. The second-order valence-electron chi connectivity index (χ2n) is 7.26. The standard InChI is InChI=1S/C21H30N2O5/c1-14(2)17(21(28)23-18(15(3)24)13-20(26)27)12-19(25)22-11-7-10-16-8-5-4-6-9-16/h4-6,8-9,14,17-18H,7,10-13H2,1-3H3,(H,22,25)(H,23,28)(H,26,27). The molecule has 0 aromatic heterocycles. The highest BCUT2D eigenvalue weighted by Gasteiger charge is 2.29. The molecule has 7 heteroatoms. The van der Waals surface area contributed by atoms with Crippen LogP contribution < -0.4 is 10.6 Å². The molecule has 0 fully saturated rings. The van der Waals surface area contributed by atoms with Gasteiger partial charge in [-0.3, -0.25) is 19.2 Å². The number of nitrogens with one attached hydrogen (secondary N) is 2. The number of carboxylic acid groups (broad SMARTS) is 1. The number of aryl methyl sites for hydroxylation is 1. The number of aliphatic carboxylic acids is 1. The van der Waals surface area contributed by atoms with Gasteiger partial charge in [0.25, 0.3) is 0 Å². The first-order valence-corrected chi connectivity index (χ1v) is 9.54. The van der Waals surface area contributed by atoms with Crippen molar-refractivity contribution in [2.24, 2.45) is 11.8 Å². The van der Waals surface area contributed by atoms with Crippen LogP contribution in [0.2, 0.25) is 0 Å². The minimum atomic E-state index is -1.17. The van der Waals surface area contributed by atoms with E-state index in [2.05, 4.69) is 10.6 Å². The van der Waals surface area contributed by atoms with Gasteiger partial charge < -0.3 is 15.7 Å². The summed E-state index contributed by atoms with van der Waals surface area (Å²) in [7, 11) is 0. The molecule has 0 saturated heterocycles. The molecule has 0 aliphatic rings. The van der Waals surface area contributed by atoms with Gasteiger partial charge in [-0.1, -0.05) is 44.2 Å². The van der Waals surface area contributed by atoms with Crippen LogP contribution in [-0.4, -0.2) is 41.3 Å². The van der Waals surface area contributed by atoms with Gasteiger partial charge in [-0.25, -0.2) is 0 Å². The number of amides is 2. The molecule has 0 heterocycles. The van der Waals surface area contributed by atoms with Crippen LogP contribution in [0.5, 0.6) is 0 Å². The van der Waals surface area contributed by atoms with Crippen molar-refractivity contribution in [2.45, 2.75) is 52.5 Å². The molecule has 3 N–H and O–H groups in total. The first-order valence-electron chi connectivity index (χ1n) is 9.54. The van der Waals surface area contributed by atoms with E-state index in [1.54, 1.807) is 0 Å². The Labute approximate surface area is 165 Å². The zero-order valence-electron chi connectivity index (χ0n) is 16.7. The highest BCUT2D eigenvalue weighted by atomic mass is 16.4. The van der Waals surface area contributed by atoms with Gasteiger partial charge in [0.05, 0.1) is 12.5 Å². The molecule has 2 unspecified atom stereocenters. The smallest absolute Gasteiger partial charge is 0.305 e. The van der Waals surface area contributed by atoms with E-state index in [9.17, 15) is 19.2 Å². The Morgan fingerprint density at radius 1 is 1.04 bits per heavy atom. The van der Waals surface area contributed by atoms with E-state index in [0.717, 1.165) is 12.8 Å². The first kappa shape index (κ1) is 23.3. The summed E-state index contributed by atoms with van der Waals surface area (Å²) in [5, 5.41) is 14.2. The van der Waals surface area contributed by atoms with E-state index in [0.29, 0.717) is 6.54 Å². The number of benzene rings is 1. The molecule has 2 amide bonds. The van der Waals surface area contributed by atoms with Gasteiger partial charge >= 0.3 is 5.97 Å². The Kier molecular flexibility index (Phi) is 9.92. The van der Waals surface area contributed by atoms with Gasteiger partial charge in [-0.2, -0.15) is 0 Å². The summed E-state index contributed by atoms with van der Waals surface area (Å²) in [6.07, 6.45) is 1.16. The van der Waals surface area contributed by atoms with Crippen molar-refractivity contribution in [3.63, 3.8) is 0 Å². The van der Waals surface area contributed by atoms with Gasteiger partial charge in [0.2, 0.25) is 11.8 Å². The van der Waals surface area contributed by atoms with Crippen LogP contribution in [-0.2, 0) is 25.6 Å². The quantitative estimate of drug-likeness (QED) is 0.472. The predicted octanol–water partition coefficient (Wildman–Crippen LogP) is 1.95. The Balaban J connectivity index is 2.50. The number of hydrogen-bond donors (Lipinski definition) is 3. The fourth-order valence-corrected chi connectivity index (χ4v) is 2.82. The fourth-order valence-electron chi connectivity index (χ4n) is 2.82. The molecular formula is C21H30N2O5. The van der Waals surface area contributed by atoms with E-state index < -0.39 is 36.0 Å².